The first-order chi connectivity index (χ1) is 15.6. The van der Waals surface area contributed by atoms with Crippen molar-refractivity contribution in [3.05, 3.63) is 42.6 Å². The second kappa shape index (κ2) is 7.22. The standard InChI is InChI=1S/C23H21FN6O2/c24-13-8-14-15(10-27-20(14)26-9-13)21-28-16-2-1-7-25-19(16)22(30-21)29-18-12-5-3-11(4-6-12)17(18)23(31)32/h1-2,7-12,17-18H,3-6H2,(H,26,27)(H,31,32)(H,28,29,30)/t11?,12?,17-,18-/m0/s1. The maximum Gasteiger partial charge on any atom is 0.308 e. The summed E-state index contributed by atoms with van der Waals surface area (Å²) in [6, 6.07) is 4.82. The van der Waals surface area contributed by atoms with E-state index in [1.807, 2.05) is 6.07 Å². The van der Waals surface area contributed by atoms with Gasteiger partial charge in [0.1, 0.15) is 17.0 Å². The van der Waals surface area contributed by atoms with Crippen molar-refractivity contribution in [3.8, 4) is 11.4 Å². The molecule has 3 aliphatic rings. The molecule has 3 N–H and O–H groups in total. The number of H-pyrrole nitrogens is 1. The van der Waals surface area contributed by atoms with E-state index < -0.39 is 17.7 Å². The number of nitrogens with zero attached hydrogens (tertiary/aromatic N) is 4. The molecular weight excluding hydrogens is 411 g/mol. The zero-order valence-electron chi connectivity index (χ0n) is 17.1. The molecule has 3 fully saturated rings. The van der Waals surface area contributed by atoms with Crippen molar-refractivity contribution < 1.29 is 14.3 Å². The van der Waals surface area contributed by atoms with E-state index in [1.165, 1.54) is 6.07 Å². The zero-order chi connectivity index (χ0) is 21.8. The van der Waals surface area contributed by atoms with Crippen molar-refractivity contribution in [2.24, 2.45) is 17.8 Å². The Hall–Kier alpha value is -3.62. The van der Waals surface area contributed by atoms with Crippen LogP contribution in [0.4, 0.5) is 10.2 Å². The summed E-state index contributed by atoms with van der Waals surface area (Å²) in [5.74, 6) is -0.287. The van der Waals surface area contributed by atoms with Crippen LogP contribution < -0.4 is 5.32 Å². The highest BCUT2D eigenvalue weighted by Gasteiger charge is 2.47. The first-order valence-electron chi connectivity index (χ1n) is 10.8. The van der Waals surface area contributed by atoms with Crippen LogP contribution in [0.2, 0.25) is 0 Å². The third kappa shape index (κ3) is 2.99. The molecule has 2 bridgehead atoms. The molecule has 4 aromatic heterocycles. The van der Waals surface area contributed by atoms with Gasteiger partial charge in [0.2, 0.25) is 0 Å². The van der Waals surface area contributed by atoms with Crippen molar-refractivity contribution in [1.82, 2.24) is 24.9 Å². The number of aromatic nitrogens is 5. The van der Waals surface area contributed by atoms with Gasteiger partial charge in [-0.1, -0.05) is 0 Å². The molecule has 0 unspecified atom stereocenters. The lowest BCUT2D eigenvalue weighted by Crippen LogP contribution is -2.51. The van der Waals surface area contributed by atoms with E-state index in [9.17, 15) is 14.3 Å². The van der Waals surface area contributed by atoms with Crippen molar-refractivity contribution in [3.63, 3.8) is 0 Å². The summed E-state index contributed by atoms with van der Waals surface area (Å²) in [6.07, 6.45) is 8.49. The van der Waals surface area contributed by atoms with Crippen LogP contribution in [-0.2, 0) is 4.79 Å². The van der Waals surface area contributed by atoms with Crippen LogP contribution in [-0.4, -0.2) is 42.0 Å². The topological polar surface area (TPSA) is 117 Å². The molecule has 3 saturated carbocycles. The molecule has 0 amide bonds. The van der Waals surface area contributed by atoms with Gasteiger partial charge in [-0.25, -0.2) is 19.3 Å². The van der Waals surface area contributed by atoms with Gasteiger partial charge in [0.15, 0.2) is 11.6 Å². The zero-order valence-corrected chi connectivity index (χ0v) is 17.1. The number of carbonyl (C=O) groups is 1. The predicted molar refractivity (Wildman–Crippen MR) is 116 cm³/mol. The van der Waals surface area contributed by atoms with Crippen LogP contribution in [0.3, 0.4) is 0 Å². The molecular formula is C23H21FN6O2. The summed E-state index contributed by atoms with van der Waals surface area (Å²) in [6.45, 7) is 0. The van der Waals surface area contributed by atoms with Gasteiger partial charge in [0.25, 0.3) is 0 Å². The smallest absolute Gasteiger partial charge is 0.308 e. The third-order valence-corrected chi connectivity index (χ3v) is 7.00. The molecule has 7 rings (SSSR count). The number of aliphatic carboxylic acids is 1. The minimum Gasteiger partial charge on any atom is -0.481 e. The van der Waals surface area contributed by atoms with Crippen molar-refractivity contribution >= 4 is 33.9 Å². The molecule has 0 aliphatic heterocycles. The monoisotopic (exact) mass is 432 g/mol. The van der Waals surface area contributed by atoms with Gasteiger partial charge in [0.05, 0.1) is 17.6 Å². The number of pyridine rings is 2. The molecule has 8 nitrogen and oxygen atoms in total. The van der Waals surface area contributed by atoms with E-state index in [1.54, 1.807) is 18.5 Å². The Morgan fingerprint density at radius 2 is 1.97 bits per heavy atom. The maximum atomic E-state index is 13.9. The Morgan fingerprint density at radius 3 is 2.78 bits per heavy atom. The average molecular weight is 432 g/mol. The summed E-state index contributed by atoms with van der Waals surface area (Å²) >= 11 is 0. The lowest BCUT2D eigenvalue weighted by atomic mass is 9.61. The van der Waals surface area contributed by atoms with Gasteiger partial charge in [0, 0.05) is 29.4 Å². The van der Waals surface area contributed by atoms with Crippen LogP contribution in [0.25, 0.3) is 33.5 Å². The highest BCUT2D eigenvalue weighted by atomic mass is 19.1. The lowest BCUT2D eigenvalue weighted by molar-refractivity contribution is -0.148. The van der Waals surface area contributed by atoms with Crippen LogP contribution in [0.15, 0.2) is 36.8 Å². The number of fused-ring (bicyclic) bond motifs is 5. The highest BCUT2D eigenvalue weighted by molar-refractivity contribution is 5.94. The molecule has 3 aliphatic carbocycles. The fourth-order valence-electron chi connectivity index (χ4n) is 5.52. The number of carboxylic acids is 1. The summed E-state index contributed by atoms with van der Waals surface area (Å²) in [5.41, 5.74) is 2.39. The van der Waals surface area contributed by atoms with Crippen molar-refractivity contribution in [2.45, 2.75) is 31.7 Å². The van der Waals surface area contributed by atoms with E-state index in [2.05, 4.69) is 25.3 Å². The quantitative estimate of drug-likeness (QED) is 0.446. The van der Waals surface area contributed by atoms with Crippen LogP contribution >= 0.6 is 0 Å². The molecule has 0 radical (unpaired) electrons. The summed E-state index contributed by atoms with van der Waals surface area (Å²) in [7, 11) is 0. The molecule has 0 spiro atoms. The van der Waals surface area contributed by atoms with Gasteiger partial charge >= 0.3 is 5.97 Å². The molecule has 2 atom stereocenters. The summed E-state index contributed by atoms with van der Waals surface area (Å²) in [4.78, 5) is 33.1. The Labute approximate surface area is 182 Å². The first-order valence-corrected chi connectivity index (χ1v) is 10.8. The number of carboxylic acid groups (broad SMARTS) is 1. The molecule has 9 heteroatoms. The van der Waals surface area contributed by atoms with E-state index in [4.69, 9.17) is 4.98 Å². The number of aromatic amines is 1. The molecule has 32 heavy (non-hydrogen) atoms. The number of hydrogen-bond donors (Lipinski definition) is 3. The van der Waals surface area contributed by atoms with Gasteiger partial charge in [-0.05, 0) is 55.7 Å². The summed E-state index contributed by atoms with van der Waals surface area (Å²) in [5, 5.41) is 14.0. The lowest BCUT2D eigenvalue weighted by Gasteiger charge is -2.47. The van der Waals surface area contributed by atoms with Crippen LogP contribution in [0.1, 0.15) is 25.7 Å². The normalized spacial score (nSPS) is 24.8. The minimum atomic E-state index is -0.762. The van der Waals surface area contributed by atoms with E-state index >= 15 is 0 Å². The number of nitrogens with one attached hydrogen (secondary N) is 2. The number of hydrogen-bond acceptors (Lipinski definition) is 6. The van der Waals surface area contributed by atoms with Crippen LogP contribution in [0, 0.1) is 23.6 Å². The Kier molecular flexibility index (Phi) is 4.31. The number of rotatable bonds is 4. The van der Waals surface area contributed by atoms with Gasteiger partial charge < -0.3 is 15.4 Å². The van der Waals surface area contributed by atoms with Crippen molar-refractivity contribution in [1.29, 1.82) is 0 Å². The summed E-state index contributed by atoms with van der Waals surface area (Å²) < 4.78 is 13.9. The SMILES string of the molecule is O=C(O)[C@H]1C2CCC(CC2)[C@@H]1Nc1nc(-c2c[nH]c3ncc(F)cc23)nc2cccnc12. The minimum absolute atomic E-state index is 0.179. The first kappa shape index (κ1) is 19.1. The predicted octanol–water partition coefficient (Wildman–Crippen LogP) is 4.01. The Bertz CT molecular complexity index is 1350. The van der Waals surface area contributed by atoms with E-state index in [0.29, 0.717) is 39.3 Å². The highest BCUT2D eigenvalue weighted by Crippen LogP contribution is 2.46. The molecule has 4 heterocycles. The van der Waals surface area contributed by atoms with Gasteiger partial charge in [-0.2, -0.15) is 0 Å². The molecule has 4 aromatic rings. The van der Waals surface area contributed by atoms with Crippen molar-refractivity contribution in [2.75, 3.05) is 5.32 Å². The fraction of sp³-hybridized carbons (Fsp3) is 0.348. The number of anilines is 1. The average Bonchev–Trinajstić information content (AvgIpc) is 3.22. The Morgan fingerprint density at radius 1 is 1.16 bits per heavy atom. The molecule has 162 valence electrons. The maximum absolute atomic E-state index is 13.9. The van der Waals surface area contributed by atoms with Gasteiger partial charge in [-0.3, -0.25) is 9.78 Å². The molecule has 0 saturated heterocycles. The largest absolute Gasteiger partial charge is 0.481 e. The molecule has 0 aromatic carbocycles. The van der Waals surface area contributed by atoms with E-state index in [0.717, 1.165) is 31.9 Å². The van der Waals surface area contributed by atoms with Crippen LogP contribution in [0.5, 0.6) is 0 Å². The fourth-order valence-corrected chi connectivity index (χ4v) is 5.52. The van der Waals surface area contributed by atoms with Gasteiger partial charge in [-0.15, -0.1) is 0 Å². The van der Waals surface area contributed by atoms with E-state index in [-0.39, 0.29) is 17.9 Å². The second-order valence-electron chi connectivity index (χ2n) is 8.73. The second-order valence-corrected chi connectivity index (χ2v) is 8.73. The Balaban J connectivity index is 1.48. The number of halogens is 1. The third-order valence-electron chi connectivity index (χ3n) is 7.00.